The normalized spacial score (nSPS) is 19.2. The van der Waals surface area contributed by atoms with Gasteiger partial charge in [0, 0.05) is 41.9 Å². The van der Waals surface area contributed by atoms with E-state index in [1.807, 2.05) is 24.3 Å². The summed E-state index contributed by atoms with van der Waals surface area (Å²) in [5.74, 6) is -0.823. The second-order valence-corrected chi connectivity index (χ2v) is 5.22. The summed E-state index contributed by atoms with van der Waals surface area (Å²) >= 11 is 5.98. The van der Waals surface area contributed by atoms with Crippen molar-refractivity contribution in [1.29, 1.82) is 0 Å². The maximum atomic E-state index is 11.1. The highest BCUT2D eigenvalue weighted by Gasteiger charge is 2.25. The Kier molecular flexibility index (Phi) is 3.46. The van der Waals surface area contributed by atoms with Crippen LogP contribution in [-0.2, 0) is 4.79 Å². The average molecular weight is 292 g/mol. The van der Waals surface area contributed by atoms with Crippen molar-refractivity contribution >= 4 is 34.2 Å². The number of carboxylic acid groups (broad SMARTS) is 1. The van der Waals surface area contributed by atoms with Gasteiger partial charge in [0.15, 0.2) is 0 Å². The van der Waals surface area contributed by atoms with Crippen molar-refractivity contribution in [3.8, 4) is 0 Å². The molecule has 6 heteroatoms. The fourth-order valence-corrected chi connectivity index (χ4v) is 2.68. The smallest absolute Gasteiger partial charge is 0.322 e. The predicted molar refractivity (Wildman–Crippen MR) is 78.4 cm³/mol. The molecule has 20 heavy (non-hydrogen) atoms. The quantitative estimate of drug-likeness (QED) is 0.882. The number of aromatic nitrogens is 1. The summed E-state index contributed by atoms with van der Waals surface area (Å²) in [5.41, 5.74) is 1.82. The molecule has 1 atom stereocenters. The van der Waals surface area contributed by atoms with Crippen LogP contribution in [0.4, 0.5) is 5.69 Å². The summed E-state index contributed by atoms with van der Waals surface area (Å²) in [6.07, 6.45) is 1.73. The molecular formula is C14H14ClN3O2. The fourth-order valence-electron chi connectivity index (χ4n) is 2.52. The minimum atomic E-state index is -0.823. The van der Waals surface area contributed by atoms with Gasteiger partial charge >= 0.3 is 5.97 Å². The first-order valence-electron chi connectivity index (χ1n) is 6.40. The van der Waals surface area contributed by atoms with Crippen LogP contribution in [0, 0.1) is 0 Å². The highest BCUT2D eigenvalue weighted by molar-refractivity contribution is 6.31. The number of nitrogens with zero attached hydrogens (tertiary/aromatic N) is 2. The summed E-state index contributed by atoms with van der Waals surface area (Å²) in [5, 5.41) is 13.8. The van der Waals surface area contributed by atoms with E-state index in [4.69, 9.17) is 16.7 Å². The number of rotatable bonds is 2. The van der Waals surface area contributed by atoms with Crippen molar-refractivity contribution < 1.29 is 9.90 Å². The second kappa shape index (κ2) is 5.26. The van der Waals surface area contributed by atoms with Crippen LogP contribution in [0.15, 0.2) is 30.5 Å². The lowest BCUT2D eigenvalue weighted by molar-refractivity contribution is -0.139. The molecule has 1 aliphatic rings. The first-order valence-corrected chi connectivity index (χ1v) is 6.78. The molecule has 104 valence electrons. The molecule has 5 nitrogen and oxygen atoms in total. The maximum absolute atomic E-state index is 11.1. The van der Waals surface area contributed by atoms with Crippen molar-refractivity contribution in [2.24, 2.45) is 0 Å². The number of halogens is 1. The van der Waals surface area contributed by atoms with Crippen molar-refractivity contribution in [3.63, 3.8) is 0 Å². The van der Waals surface area contributed by atoms with E-state index in [2.05, 4.69) is 15.2 Å². The maximum Gasteiger partial charge on any atom is 0.322 e. The molecule has 1 saturated heterocycles. The molecule has 2 N–H and O–H groups in total. The molecule has 1 fully saturated rings. The largest absolute Gasteiger partial charge is 0.480 e. The minimum Gasteiger partial charge on any atom is -0.480 e. The van der Waals surface area contributed by atoms with Gasteiger partial charge in [0.2, 0.25) is 0 Å². The SMILES string of the molecule is O=C(O)C1CN(c2ccnc3cc(Cl)ccc23)CCN1. The summed E-state index contributed by atoms with van der Waals surface area (Å²) in [6.45, 7) is 1.86. The minimum absolute atomic E-state index is 0.442. The van der Waals surface area contributed by atoms with E-state index in [1.54, 1.807) is 6.20 Å². The number of anilines is 1. The van der Waals surface area contributed by atoms with Gasteiger partial charge in [-0.3, -0.25) is 9.78 Å². The number of aliphatic carboxylic acids is 1. The van der Waals surface area contributed by atoms with Gasteiger partial charge in [0.25, 0.3) is 0 Å². The summed E-state index contributed by atoms with van der Waals surface area (Å²) < 4.78 is 0. The number of hydrogen-bond donors (Lipinski definition) is 2. The van der Waals surface area contributed by atoms with Gasteiger partial charge in [-0.2, -0.15) is 0 Å². The fraction of sp³-hybridized carbons (Fsp3) is 0.286. The number of benzene rings is 1. The number of carbonyl (C=O) groups is 1. The van der Waals surface area contributed by atoms with Gasteiger partial charge in [-0.05, 0) is 24.3 Å². The molecule has 1 aromatic carbocycles. The van der Waals surface area contributed by atoms with E-state index in [9.17, 15) is 4.79 Å². The second-order valence-electron chi connectivity index (χ2n) is 4.78. The standard InChI is InChI=1S/C14H14ClN3O2/c15-9-1-2-10-11(7-9)16-4-3-13(10)18-6-5-17-12(8-18)14(19)20/h1-4,7,12,17H,5-6,8H2,(H,19,20). The molecule has 0 spiro atoms. The number of nitrogens with one attached hydrogen (secondary N) is 1. The van der Waals surface area contributed by atoms with Crippen LogP contribution >= 0.6 is 11.6 Å². The van der Waals surface area contributed by atoms with E-state index in [0.717, 1.165) is 23.1 Å². The lowest BCUT2D eigenvalue weighted by atomic mass is 10.1. The van der Waals surface area contributed by atoms with Gasteiger partial charge in [0.1, 0.15) is 6.04 Å². The number of piperazine rings is 1. The Hall–Kier alpha value is -1.85. The van der Waals surface area contributed by atoms with Gasteiger partial charge in [0.05, 0.1) is 5.52 Å². The summed E-state index contributed by atoms with van der Waals surface area (Å²) in [6, 6.07) is 6.95. The van der Waals surface area contributed by atoms with Gasteiger partial charge in [-0.15, -0.1) is 0 Å². The van der Waals surface area contributed by atoms with Crippen LogP contribution in [-0.4, -0.2) is 41.7 Å². The topological polar surface area (TPSA) is 65.5 Å². The molecular weight excluding hydrogens is 278 g/mol. The Morgan fingerprint density at radius 1 is 1.45 bits per heavy atom. The number of fused-ring (bicyclic) bond motifs is 1. The van der Waals surface area contributed by atoms with E-state index in [1.165, 1.54) is 0 Å². The molecule has 0 aliphatic carbocycles. The third kappa shape index (κ3) is 2.42. The molecule has 0 amide bonds. The molecule has 1 aliphatic heterocycles. The Labute approximate surface area is 121 Å². The van der Waals surface area contributed by atoms with Crippen LogP contribution in [0.25, 0.3) is 10.9 Å². The van der Waals surface area contributed by atoms with Crippen LogP contribution in [0.3, 0.4) is 0 Å². The Morgan fingerprint density at radius 2 is 2.30 bits per heavy atom. The van der Waals surface area contributed by atoms with Gasteiger partial charge in [-0.25, -0.2) is 0 Å². The summed E-state index contributed by atoms with van der Waals surface area (Å²) in [7, 11) is 0. The number of carboxylic acids is 1. The third-order valence-corrected chi connectivity index (χ3v) is 3.73. The van der Waals surface area contributed by atoms with E-state index in [-0.39, 0.29) is 0 Å². The molecule has 3 rings (SSSR count). The van der Waals surface area contributed by atoms with Crippen LogP contribution < -0.4 is 10.2 Å². The monoisotopic (exact) mass is 291 g/mol. The lowest BCUT2D eigenvalue weighted by Gasteiger charge is -2.33. The Bertz CT molecular complexity index is 662. The van der Waals surface area contributed by atoms with Gasteiger partial charge < -0.3 is 15.3 Å². The predicted octanol–water partition coefficient (Wildman–Crippen LogP) is 1.75. The molecule has 2 heterocycles. The molecule has 1 aromatic heterocycles. The van der Waals surface area contributed by atoms with Crippen LogP contribution in [0.2, 0.25) is 5.02 Å². The molecule has 1 unspecified atom stereocenters. The third-order valence-electron chi connectivity index (χ3n) is 3.50. The Morgan fingerprint density at radius 3 is 3.10 bits per heavy atom. The van der Waals surface area contributed by atoms with Crippen LogP contribution in [0.5, 0.6) is 0 Å². The highest BCUT2D eigenvalue weighted by atomic mass is 35.5. The van der Waals surface area contributed by atoms with Crippen molar-refractivity contribution in [3.05, 3.63) is 35.5 Å². The van der Waals surface area contributed by atoms with Gasteiger partial charge in [-0.1, -0.05) is 11.6 Å². The zero-order valence-electron chi connectivity index (χ0n) is 10.7. The van der Waals surface area contributed by atoms with Crippen molar-refractivity contribution in [2.75, 3.05) is 24.5 Å². The van der Waals surface area contributed by atoms with Crippen molar-refractivity contribution in [1.82, 2.24) is 10.3 Å². The van der Waals surface area contributed by atoms with E-state index < -0.39 is 12.0 Å². The highest BCUT2D eigenvalue weighted by Crippen LogP contribution is 2.28. The lowest BCUT2D eigenvalue weighted by Crippen LogP contribution is -2.54. The Balaban J connectivity index is 1.99. The van der Waals surface area contributed by atoms with E-state index >= 15 is 0 Å². The van der Waals surface area contributed by atoms with E-state index in [0.29, 0.717) is 18.1 Å². The number of pyridine rings is 1. The molecule has 0 bridgehead atoms. The molecule has 0 saturated carbocycles. The van der Waals surface area contributed by atoms with Crippen molar-refractivity contribution in [2.45, 2.75) is 6.04 Å². The molecule has 0 radical (unpaired) electrons. The zero-order valence-corrected chi connectivity index (χ0v) is 11.5. The summed E-state index contributed by atoms with van der Waals surface area (Å²) in [4.78, 5) is 17.5. The first-order chi connectivity index (χ1) is 9.65. The molecule has 2 aromatic rings. The van der Waals surface area contributed by atoms with Crippen LogP contribution in [0.1, 0.15) is 0 Å². The first kappa shape index (κ1) is 13.1. The zero-order chi connectivity index (χ0) is 14.1. The number of hydrogen-bond acceptors (Lipinski definition) is 4. The average Bonchev–Trinajstić information content (AvgIpc) is 2.46.